The number of nitrogens with one attached hydrogen (secondary N) is 1. The summed E-state index contributed by atoms with van der Waals surface area (Å²) < 4.78 is 22.2. The number of methoxy groups -OCH3 is 1. The smallest absolute Gasteiger partial charge is 0.243 e. The SMILES string of the molecule is COC(c1ccccc1)c1nc2cc(F)ccc2n1C(C(=O)NCc1ccccc1)C1CCCCC1. The van der Waals surface area contributed by atoms with E-state index < -0.39 is 12.1 Å². The number of aromatic nitrogens is 2. The van der Waals surface area contributed by atoms with Crippen molar-refractivity contribution in [2.45, 2.75) is 50.8 Å². The van der Waals surface area contributed by atoms with E-state index in [1.54, 1.807) is 13.2 Å². The summed E-state index contributed by atoms with van der Waals surface area (Å²) in [4.78, 5) is 18.8. The summed E-state index contributed by atoms with van der Waals surface area (Å²) in [5, 5.41) is 3.18. The van der Waals surface area contributed by atoms with Crippen LogP contribution >= 0.6 is 0 Å². The number of ether oxygens (including phenoxy) is 1. The maximum atomic E-state index is 14.2. The molecular formula is C30H32FN3O2. The first-order valence-corrected chi connectivity index (χ1v) is 12.7. The fraction of sp³-hybridized carbons (Fsp3) is 0.333. The zero-order valence-corrected chi connectivity index (χ0v) is 20.6. The predicted molar refractivity (Wildman–Crippen MR) is 139 cm³/mol. The maximum Gasteiger partial charge on any atom is 0.243 e. The van der Waals surface area contributed by atoms with Gasteiger partial charge in [0.25, 0.3) is 0 Å². The van der Waals surface area contributed by atoms with Crippen LogP contribution in [0.15, 0.2) is 78.9 Å². The topological polar surface area (TPSA) is 56.2 Å². The zero-order chi connectivity index (χ0) is 24.9. The lowest BCUT2D eigenvalue weighted by molar-refractivity contribution is -0.126. The van der Waals surface area contributed by atoms with E-state index in [2.05, 4.69) is 5.32 Å². The van der Waals surface area contributed by atoms with Gasteiger partial charge >= 0.3 is 0 Å². The molecule has 6 heteroatoms. The molecule has 0 aliphatic heterocycles. The van der Waals surface area contributed by atoms with Gasteiger partial charge in [-0.1, -0.05) is 79.9 Å². The summed E-state index contributed by atoms with van der Waals surface area (Å²) in [6.07, 6.45) is 4.81. The highest BCUT2D eigenvalue weighted by Gasteiger charge is 2.36. The molecule has 36 heavy (non-hydrogen) atoms. The van der Waals surface area contributed by atoms with Crippen molar-refractivity contribution in [3.05, 3.63) is 102 Å². The van der Waals surface area contributed by atoms with Crippen LogP contribution in [0.3, 0.4) is 0 Å². The quantitative estimate of drug-likeness (QED) is 0.316. The van der Waals surface area contributed by atoms with E-state index in [9.17, 15) is 9.18 Å². The Morgan fingerprint density at radius 3 is 2.42 bits per heavy atom. The molecule has 1 heterocycles. The summed E-state index contributed by atoms with van der Waals surface area (Å²) in [5.74, 6) is 0.382. The fourth-order valence-electron chi connectivity index (χ4n) is 5.47. The lowest BCUT2D eigenvalue weighted by Crippen LogP contribution is -2.38. The number of imidazole rings is 1. The van der Waals surface area contributed by atoms with E-state index in [-0.39, 0.29) is 17.6 Å². The van der Waals surface area contributed by atoms with Gasteiger partial charge in [0.15, 0.2) is 0 Å². The molecule has 1 saturated carbocycles. The van der Waals surface area contributed by atoms with E-state index in [1.165, 1.54) is 18.6 Å². The molecule has 1 amide bonds. The van der Waals surface area contributed by atoms with Gasteiger partial charge in [-0.15, -0.1) is 0 Å². The molecule has 5 nitrogen and oxygen atoms in total. The zero-order valence-electron chi connectivity index (χ0n) is 20.6. The average Bonchev–Trinajstić information content (AvgIpc) is 3.27. The number of carbonyl (C=O) groups is 1. The van der Waals surface area contributed by atoms with E-state index >= 15 is 0 Å². The Kier molecular flexibility index (Phi) is 7.42. The molecule has 1 aliphatic rings. The molecule has 1 aromatic heterocycles. The Balaban J connectivity index is 1.62. The van der Waals surface area contributed by atoms with Gasteiger partial charge < -0.3 is 14.6 Å². The number of hydrogen-bond acceptors (Lipinski definition) is 3. The summed E-state index contributed by atoms with van der Waals surface area (Å²) in [6, 6.07) is 23.9. The highest BCUT2D eigenvalue weighted by atomic mass is 19.1. The van der Waals surface area contributed by atoms with Gasteiger partial charge in [-0.05, 0) is 42.0 Å². The first-order valence-electron chi connectivity index (χ1n) is 12.7. The first kappa shape index (κ1) is 24.2. The van der Waals surface area contributed by atoms with Crippen LogP contribution in [0, 0.1) is 11.7 Å². The van der Waals surface area contributed by atoms with Crippen molar-refractivity contribution in [2.75, 3.05) is 7.11 Å². The second-order valence-corrected chi connectivity index (χ2v) is 9.55. The van der Waals surface area contributed by atoms with Gasteiger partial charge in [-0.3, -0.25) is 4.79 Å². The van der Waals surface area contributed by atoms with Crippen LogP contribution in [0.2, 0.25) is 0 Å². The molecule has 1 aliphatic carbocycles. The molecule has 0 bridgehead atoms. The number of nitrogens with zero attached hydrogens (tertiary/aromatic N) is 2. The largest absolute Gasteiger partial charge is 0.369 e. The summed E-state index contributed by atoms with van der Waals surface area (Å²) in [5.41, 5.74) is 3.25. The Morgan fingerprint density at radius 2 is 1.72 bits per heavy atom. The number of benzene rings is 3. The monoisotopic (exact) mass is 485 g/mol. The Hall–Kier alpha value is -3.51. The minimum atomic E-state index is -0.491. The fourth-order valence-corrected chi connectivity index (χ4v) is 5.47. The number of hydrogen-bond donors (Lipinski definition) is 1. The number of rotatable bonds is 8. The molecule has 3 aromatic carbocycles. The van der Waals surface area contributed by atoms with E-state index in [1.807, 2.05) is 65.2 Å². The third-order valence-electron chi connectivity index (χ3n) is 7.20. The number of carbonyl (C=O) groups excluding carboxylic acids is 1. The van der Waals surface area contributed by atoms with E-state index in [4.69, 9.17) is 9.72 Å². The second-order valence-electron chi connectivity index (χ2n) is 9.55. The minimum absolute atomic E-state index is 0.0430. The normalized spacial score (nSPS) is 16.1. The van der Waals surface area contributed by atoms with Crippen molar-refractivity contribution in [3.63, 3.8) is 0 Å². The molecule has 0 saturated heterocycles. The van der Waals surface area contributed by atoms with Crippen molar-refractivity contribution in [3.8, 4) is 0 Å². The maximum absolute atomic E-state index is 14.2. The highest BCUT2D eigenvalue weighted by Crippen LogP contribution is 2.39. The van der Waals surface area contributed by atoms with Gasteiger partial charge in [-0.2, -0.15) is 0 Å². The summed E-state index contributed by atoms with van der Waals surface area (Å²) in [6.45, 7) is 0.450. The molecule has 5 rings (SSSR count). The molecule has 4 aromatic rings. The minimum Gasteiger partial charge on any atom is -0.369 e. The third-order valence-corrected chi connectivity index (χ3v) is 7.20. The molecule has 0 radical (unpaired) electrons. The van der Waals surface area contributed by atoms with Crippen LogP contribution < -0.4 is 5.32 Å². The van der Waals surface area contributed by atoms with Crippen molar-refractivity contribution < 1.29 is 13.9 Å². The van der Waals surface area contributed by atoms with Crippen molar-refractivity contribution >= 4 is 16.9 Å². The van der Waals surface area contributed by atoms with Crippen LogP contribution in [0.1, 0.15) is 61.2 Å². The average molecular weight is 486 g/mol. The summed E-state index contributed by atoms with van der Waals surface area (Å²) in [7, 11) is 1.65. The first-order chi connectivity index (χ1) is 17.7. The number of amides is 1. The van der Waals surface area contributed by atoms with Gasteiger partial charge in [0.2, 0.25) is 5.91 Å². The second kappa shape index (κ2) is 11.0. The molecular weight excluding hydrogens is 453 g/mol. The molecule has 2 atom stereocenters. The molecule has 1 fully saturated rings. The Bertz CT molecular complexity index is 1300. The predicted octanol–water partition coefficient (Wildman–Crippen LogP) is 6.35. The van der Waals surface area contributed by atoms with Gasteiger partial charge in [0.05, 0.1) is 11.0 Å². The van der Waals surface area contributed by atoms with Crippen LogP contribution in [0.5, 0.6) is 0 Å². The van der Waals surface area contributed by atoms with Crippen molar-refractivity contribution in [1.29, 1.82) is 0 Å². The summed E-state index contributed by atoms with van der Waals surface area (Å²) >= 11 is 0. The van der Waals surface area contributed by atoms with Crippen LogP contribution in [0.4, 0.5) is 4.39 Å². The number of fused-ring (bicyclic) bond motifs is 1. The van der Waals surface area contributed by atoms with Crippen molar-refractivity contribution in [1.82, 2.24) is 14.9 Å². The molecule has 1 N–H and O–H groups in total. The van der Waals surface area contributed by atoms with Gasteiger partial charge in [-0.25, -0.2) is 9.37 Å². The molecule has 2 unspecified atom stereocenters. The standard InChI is InChI=1S/C30H32FN3O2/c1-36-28(23-15-9-4-10-16-23)29-33-25-19-24(31)17-18-26(25)34(29)27(22-13-7-3-8-14-22)30(35)32-20-21-11-5-2-6-12-21/h2,4-6,9-12,15-19,22,27-28H,3,7-8,13-14,20H2,1H3,(H,32,35). The Labute approximate surface area is 211 Å². The van der Waals surface area contributed by atoms with E-state index in [0.29, 0.717) is 17.9 Å². The number of halogens is 1. The lowest BCUT2D eigenvalue weighted by Gasteiger charge is -2.33. The van der Waals surface area contributed by atoms with Gasteiger partial charge in [0.1, 0.15) is 23.8 Å². The van der Waals surface area contributed by atoms with Gasteiger partial charge in [0, 0.05) is 19.7 Å². The Morgan fingerprint density at radius 1 is 1.03 bits per heavy atom. The van der Waals surface area contributed by atoms with Crippen LogP contribution in [-0.4, -0.2) is 22.6 Å². The van der Waals surface area contributed by atoms with Crippen molar-refractivity contribution in [2.24, 2.45) is 5.92 Å². The molecule has 186 valence electrons. The van der Waals surface area contributed by atoms with Crippen LogP contribution in [0.25, 0.3) is 11.0 Å². The molecule has 0 spiro atoms. The third kappa shape index (κ3) is 5.05. The highest BCUT2D eigenvalue weighted by molar-refractivity contribution is 5.85. The lowest BCUT2D eigenvalue weighted by atomic mass is 9.83. The van der Waals surface area contributed by atoms with Crippen LogP contribution in [-0.2, 0) is 16.1 Å². The van der Waals surface area contributed by atoms with E-state index in [0.717, 1.165) is 42.3 Å².